The maximum Gasteiger partial charge on any atom is 0.418 e. The van der Waals surface area contributed by atoms with E-state index in [2.05, 4.69) is 5.32 Å². The fourth-order valence-electron chi connectivity index (χ4n) is 2.52. The van der Waals surface area contributed by atoms with Crippen LogP contribution in [0, 0.1) is 3.57 Å². The van der Waals surface area contributed by atoms with Crippen molar-refractivity contribution in [1.82, 2.24) is 0 Å². The molecule has 128 valence electrons. The lowest BCUT2D eigenvalue weighted by Crippen LogP contribution is -2.17. The van der Waals surface area contributed by atoms with Crippen molar-refractivity contribution in [2.24, 2.45) is 0 Å². The third-order valence-electron chi connectivity index (χ3n) is 3.65. The van der Waals surface area contributed by atoms with Gasteiger partial charge in [-0.25, -0.2) is 0 Å². The molecule has 0 saturated carbocycles. The Labute approximate surface area is 160 Å². The van der Waals surface area contributed by atoms with E-state index in [-0.39, 0.29) is 11.3 Å². The van der Waals surface area contributed by atoms with E-state index in [1.807, 2.05) is 0 Å². The summed E-state index contributed by atoms with van der Waals surface area (Å²) in [6, 6.07) is 13.8. The first kappa shape index (κ1) is 18.0. The van der Waals surface area contributed by atoms with Gasteiger partial charge in [-0.3, -0.25) is 4.79 Å². The number of carbonyl (C=O) groups is 1. The molecule has 0 aliphatic rings. The lowest BCUT2D eigenvalue weighted by Gasteiger charge is -2.15. The molecule has 0 fully saturated rings. The molecule has 3 rings (SSSR count). The van der Waals surface area contributed by atoms with Crippen LogP contribution in [0.15, 0.2) is 54.6 Å². The van der Waals surface area contributed by atoms with Gasteiger partial charge in [0.25, 0.3) is 5.91 Å². The third kappa shape index (κ3) is 3.74. The summed E-state index contributed by atoms with van der Waals surface area (Å²) in [5.41, 5.74) is -0.908. The van der Waals surface area contributed by atoms with Crippen LogP contribution >= 0.6 is 34.2 Å². The number of rotatable bonds is 2. The summed E-state index contributed by atoms with van der Waals surface area (Å²) in [4.78, 5) is 12.6. The van der Waals surface area contributed by atoms with E-state index in [4.69, 9.17) is 11.6 Å². The number of carbonyl (C=O) groups excluding carboxylic acids is 1. The number of alkyl halides is 3. The average Bonchev–Trinajstić information content (AvgIpc) is 2.55. The molecule has 1 N–H and O–H groups in total. The number of halogens is 5. The molecule has 7 heteroatoms. The highest BCUT2D eigenvalue weighted by atomic mass is 127. The predicted octanol–water partition coefficient (Wildman–Crippen LogP) is 6.37. The van der Waals surface area contributed by atoms with Crippen molar-refractivity contribution < 1.29 is 18.0 Å². The SMILES string of the molecule is O=C(Nc1ccc(I)cc1C(F)(F)F)c1cccc2c(Cl)cccc12. The van der Waals surface area contributed by atoms with E-state index in [0.717, 1.165) is 6.07 Å². The molecule has 0 aromatic heterocycles. The van der Waals surface area contributed by atoms with Gasteiger partial charge >= 0.3 is 6.18 Å². The highest BCUT2D eigenvalue weighted by Gasteiger charge is 2.34. The number of benzene rings is 3. The second kappa shape index (κ2) is 6.84. The van der Waals surface area contributed by atoms with Gasteiger partial charge in [-0.15, -0.1) is 0 Å². The average molecular weight is 476 g/mol. The second-order valence-electron chi connectivity index (χ2n) is 5.28. The first-order valence-corrected chi connectivity index (χ1v) is 8.58. The van der Waals surface area contributed by atoms with E-state index in [0.29, 0.717) is 19.4 Å². The van der Waals surface area contributed by atoms with Gasteiger partial charge < -0.3 is 5.32 Å². The molecule has 0 bridgehead atoms. The van der Waals surface area contributed by atoms with Crippen LogP contribution in [0.1, 0.15) is 15.9 Å². The van der Waals surface area contributed by atoms with Crippen molar-refractivity contribution in [3.63, 3.8) is 0 Å². The topological polar surface area (TPSA) is 29.1 Å². The normalized spacial score (nSPS) is 11.6. The standard InChI is InChI=1S/C18H10ClF3INO/c19-15-6-2-3-11-12(15)4-1-5-13(11)17(25)24-16-8-7-10(23)9-14(16)18(20,21)22/h1-9H,(H,24,25). The first-order chi connectivity index (χ1) is 11.8. The maximum atomic E-state index is 13.2. The molecule has 0 aliphatic heterocycles. The molecule has 0 aliphatic carbocycles. The van der Waals surface area contributed by atoms with Crippen LogP contribution in [0.3, 0.4) is 0 Å². The van der Waals surface area contributed by atoms with Gasteiger partial charge in [-0.2, -0.15) is 13.2 Å². The smallest absolute Gasteiger partial charge is 0.321 e. The highest BCUT2D eigenvalue weighted by molar-refractivity contribution is 14.1. The van der Waals surface area contributed by atoms with E-state index >= 15 is 0 Å². The van der Waals surface area contributed by atoms with Gasteiger partial charge in [-0.1, -0.05) is 35.9 Å². The van der Waals surface area contributed by atoms with Gasteiger partial charge in [0, 0.05) is 19.5 Å². The minimum absolute atomic E-state index is 0.256. The second-order valence-corrected chi connectivity index (χ2v) is 6.94. The molecule has 0 atom stereocenters. The zero-order valence-corrected chi connectivity index (χ0v) is 15.4. The molecule has 3 aromatic rings. The Bertz CT molecular complexity index is 972. The van der Waals surface area contributed by atoms with Crippen LogP contribution in [0.5, 0.6) is 0 Å². The molecular weight excluding hydrogens is 466 g/mol. The number of fused-ring (bicyclic) bond motifs is 1. The number of hydrogen-bond donors (Lipinski definition) is 1. The Morgan fingerprint density at radius 2 is 1.68 bits per heavy atom. The zero-order chi connectivity index (χ0) is 18.2. The molecule has 0 radical (unpaired) electrons. The van der Waals surface area contributed by atoms with Crippen LogP contribution in [0.25, 0.3) is 10.8 Å². The molecular formula is C18H10ClF3INO. The quantitative estimate of drug-likeness (QED) is 0.429. The van der Waals surface area contributed by atoms with E-state index in [1.54, 1.807) is 59.0 Å². The maximum absolute atomic E-state index is 13.2. The summed E-state index contributed by atoms with van der Waals surface area (Å²) < 4.78 is 40.1. The minimum atomic E-state index is -4.56. The fourth-order valence-corrected chi connectivity index (χ4v) is 3.25. The van der Waals surface area contributed by atoms with Crippen LogP contribution in [-0.2, 0) is 6.18 Å². The monoisotopic (exact) mass is 475 g/mol. The number of amides is 1. The number of anilines is 1. The number of hydrogen-bond acceptors (Lipinski definition) is 1. The zero-order valence-electron chi connectivity index (χ0n) is 12.5. The summed E-state index contributed by atoms with van der Waals surface area (Å²) in [6.45, 7) is 0. The molecule has 2 nitrogen and oxygen atoms in total. The molecule has 1 amide bonds. The van der Waals surface area contributed by atoms with Gasteiger partial charge in [-0.05, 0) is 58.3 Å². The van der Waals surface area contributed by atoms with Crippen LogP contribution < -0.4 is 5.32 Å². The van der Waals surface area contributed by atoms with Crippen LogP contribution in [0.4, 0.5) is 18.9 Å². The molecule has 0 spiro atoms. The summed E-state index contributed by atoms with van der Waals surface area (Å²) in [5.74, 6) is -0.625. The summed E-state index contributed by atoms with van der Waals surface area (Å²) in [6.07, 6.45) is -4.56. The lowest BCUT2D eigenvalue weighted by molar-refractivity contribution is -0.137. The van der Waals surface area contributed by atoms with Gasteiger partial charge in [0.05, 0.1) is 11.3 Å². The van der Waals surface area contributed by atoms with E-state index in [9.17, 15) is 18.0 Å². The van der Waals surface area contributed by atoms with Crippen LogP contribution in [-0.4, -0.2) is 5.91 Å². The lowest BCUT2D eigenvalue weighted by atomic mass is 10.0. The van der Waals surface area contributed by atoms with Crippen LogP contribution in [0.2, 0.25) is 5.02 Å². The van der Waals surface area contributed by atoms with Gasteiger partial charge in [0.1, 0.15) is 0 Å². The van der Waals surface area contributed by atoms with Crippen molar-refractivity contribution in [2.75, 3.05) is 5.32 Å². The van der Waals surface area contributed by atoms with Crippen molar-refractivity contribution in [3.8, 4) is 0 Å². The number of nitrogens with one attached hydrogen (secondary N) is 1. The summed E-state index contributed by atoms with van der Waals surface area (Å²) in [7, 11) is 0. The molecule has 3 aromatic carbocycles. The predicted molar refractivity (Wildman–Crippen MR) is 101 cm³/mol. The Hall–Kier alpha value is -1.80. The fraction of sp³-hybridized carbons (Fsp3) is 0.0556. The summed E-state index contributed by atoms with van der Waals surface area (Å²) in [5, 5.41) is 4.07. The molecule has 0 heterocycles. The Morgan fingerprint density at radius 1 is 1.00 bits per heavy atom. The van der Waals surface area contributed by atoms with Gasteiger partial charge in [0.15, 0.2) is 0 Å². The minimum Gasteiger partial charge on any atom is -0.321 e. The Morgan fingerprint density at radius 3 is 2.40 bits per heavy atom. The van der Waals surface area contributed by atoms with E-state index in [1.165, 1.54) is 12.1 Å². The third-order valence-corrected chi connectivity index (χ3v) is 4.65. The molecule has 0 saturated heterocycles. The van der Waals surface area contributed by atoms with E-state index < -0.39 is 17.6 Å². The van der Waals surface area contributed by atoms with Crippen molar-refractivity contribution in [2.45, 2.75) is 6.18 Å². The molecule has 0 unspecified atom stereocenters. The largest absolute Gasteiger partial charge is 0.418 e. The van der Waals surface area contributed by atoms with Crippen molar-refractivity contribution in [1.29, 1.82) is 0 Å². The van der Waals surface area contributed by atoms with Crippen molar-refractivity contribution in [3.05, 3.63) is 74.3 Å². The molecule has 25 heavy (non-hydrogen) atoms. The first-order valence-electron chi connectivity index (χ1n) is 7.13. The van der Waals surface area contributed by atoms with Gasteiger partial charge in [0.2, 0.25) is 0 Å². The highest BCUT2D eigenvalue weighted by Crippen LogP contribution is 2.36. The van der Waals surface area contributed by atoms with Crippen molar-refractivity contribution >= 4 is 56.6 Å². The Balaban J connectivity index is 2.04. The Kier molecular flexibility index (Phi) is 4.92. The summed E-state index contributed by atoms with van der Waals surface area (Å²) >= 11 is 7.91.